The maximum atomic E-state index is 11.3. The van der Waals surface area contributed by atoms with Gasteiger partial charge in [-0.1, -0.05) is 18.7 Å². The van der Waals surface area contributed by atoms with E-state index < -0.39 is 5.78 Å². The zero-order valence-electron chi connectivity index (χ0n) is 9.00. The van der Waals surface area contributed by atoms with Crippen molar-refractivity contribution in [1.82, 2.24) is 0 Å². The first kappa shape index (κ1) is 12.6. The summed E-state index contributed by atoms with van der Waals surface area (Å²) >= 11 is 0. The second-order valence-corrected chi connectivity index (χ2v) is 3.22. The van der Waals surface area contributed by atoms with Crippen LogP contribution in [0.3, 0.4) is 0 Å². The number of aliphatic hydroxyl groups excluding tert-OH is 1. The second-order valence-electron chi connectivity index (χ2n) is 3.22. The summed E-state index contributed by atoms with van der Waals surface area (Å²) in [5.74, 6) is -1.25. The van der Waals surface area contributed by atoms with Crippen LogP contribution in [0.4, 0.5) is 0 Å². The first-order valence-electron chi connectivity index (χ1n) is 4.80. The highest BCUT2D eigenvalue weighted by molar-refractivity contribution is 6.02. The maximum Gasteiger partial charge on any atom is 0.182 e. The predicted octanol–water partition coefficient (Wildman–Crippen LogP) is 2.31. The number of hydrogen-bond acceptors (Lipinski definition) is 4. The van der Waals surface area contributed by atoms with Gasteiger partial charge in [0.2, 0.25) is 0 Å². The molecule has 1 aromatic rings. The molecular formula is C13H12O4. The highest BCUT2D eigenvalue weighted by Gasteiger charge is 2.02. The van der Waals surface area contributed by atoms with Gasteiger partial charge in [-0.3, -0.25) is 4.79 Å². The Hall–Kier alpha value is -2.49. The number of allylic oxidation sites excluding steroid dienone is 3. The maximum absolute atomic E-state index is 11.3. The third-order valence-electron chi connectivity index (χ3n) is 1.97. The van der Waals surface area contributed by atoms with Crippen molar-refractivity contribution in [3.63, 3.8) is 0 Å². The number of carbonyl (C=O) groups excluding carboxylic acids is 1. The molecule has 1 aromatic carbocycles. The number of phenols is 2. The Morgan fingerprint density at radius 1 is 1.29 bits per heavy atom. The standard InChI is InChI=1S/C13H12O4/c1-2-10(14)8-11(15)7-6-9-4-3-5-12(16)13(9)17/h2-8,14,16-17H,1H2. The van der Waals surface area contributed by atoms with E-state index in [4.69, 9.17) is 5.11 Å². The normalized spacial score (nSPS) is 11.6. The number of rotatable bonds is 4. The minimum absolute atomic E-state index is 0.236. The van der Waals surface area contributed by atoms with Gasteiger partial charge in [0.15, 0.2) is 17.3 Å². The molecule has 17 heavy (non-hydrogen) atoms. The first-order chi connectivity index (χ1) is 8.04. The lowest BCUT2D eigenvalue weighted by Crippen LogP contribution is -1.88. The number of ketones is 1. The Morgan fingerprint density at radius 3 is 2.65 bits per heavy atom. The van der Waals surface area contributed by atoms with Crippen LogP contribution in [0.2, 0.25) is 0 Å². The Balaban J connectivity index is 2.88. The molecule has 4 heteroatoms. The number of carbonyl (C=O) groups is 1. The predicted molar refractivity (Wildman–Crippen MR) is 64.7 cm³/mol. The van der Waals surface area contributed by atoms with Gasteiger partial charge in [-0.05, 0) is 24.3 Å². The molecule has 0 atom stereocenters. The van der Waals surface area contributed by atoms with E-state index >= 15 is 0 Å². The molecule has 1 rings (SSSR count). The molecule has 0 bridgehead atoms. The van der Waals surface area contributed by atoms with E-state index in [0.717, 1.165) is 18.2 Å². The Bertz CT molecular complexity index is 498. The van der Waals surface area contributed by atoms with Crippen molar-refractivity contribution in [2.24, 2.45) is 0 Å². The molecule has 0 aliphatic heterocycles. The fourth-order valence-corrected chi connectivity index (χ4v) is 1.11. The van der Waals surface area contributed by atoms with Crippen LogP contribution in [0.15, 0.2) is 48.8 Å². The number of hydrogen-bond donors (Lipinski definition) is 3. The second kappa shape index (κ2) is 5.55. The van der Waals surface area contributed by atoms with Gasteiger partial charge in [0.1, 0.15) is 5.76 Å². The third kappa shape index (κ3) is 3.53. The zero-order chi connectivity index (χ0) is 12.8. The smallest absolute Gasteiger partial charge is 0.182 e. The summed E-state index contributed by atoms with van der Waals surface area (Å²) in [4.78, 5) is 11.3. The van der Waals surface area contributed by atoms with Crippen molar-refractivity contribution in [3.8, 4) is 11.5 Å². The van der Waals surface area contributed by atoms with Crippen LogP contribution in [-0.4, -0.2) is 21.1 Å². The molecule has 0 spiro atoms. The summed E-state index contributed by atoms with van der Waals surface area (Å²) in [6.07, 6.45) is 4.62. The van der Waals surface area contributed by atoms with Gasteiger partial charge in [-0.15, -0.1) is 0 Å². The molecule has 0 aromatic heterocycles. The van der Waals surface area contributed by atoms with Gasteiger partial charge in [-0.25, -0.2) is 0 Å². The van der Waals surface area contributed by atoms with E-state index in [2.05, 4.69) is 6.58 Å². The quantitative estimate of drug-likeness (QED) is 0.322. The van der Waals surface area contributed by atoms with Gasteiger partial charge in [0.25, 0.3) is 0 Å². The first-order valence-corrected chi connectivity index (χ1v) is 4.80. The van der Waals surface area contributed by atoms with Crippen molar-refractivity contribution in [2.75, 3.05) is 0 Å². The number of benzene rings is 1. The van der Waals surface area contributed by atoms with Crippen LogP contribution >= 0.6 is 0 Å². The van der Waals surface area contributed by atoms with Crippen LogP contribution < -0.4 is 0 Å². The van der Waals surface area contributed by atoms with Crippen LogP contribution in [-0.2, 0) is 4.79 Å². The van der Waals surface area contributed by atoms with Gasteiger partial charge >= 0.3 is 0 Å². The highest BCUT2D eigenvalue weighted by atomic mass is 16.3. The lowest BCUT2D eigenvalue weighted by molar-refractivity contribution is -0.110. The third-order valence-corrected chi connectivity index (χ3v) is 1.97. The van der Waals surface area contributed by atoms with Gasteiger partial charge in [-0.2, -0.15) is 0 Å². The lowest BCUT2D eigenvalue weighted by atomic mass is 10.1. The number of aromatic hydroxyl groups is 2. The molecule has 0 saturated carbocycles. The topological polar surface area (TPSA) is 77.8 Å². The summed E-state index contributed by atoms with van der Waals surface area (Å²) in [6, 6.07) is 4.41. The van der Waals surface area contributed by atoms with Crippen LogP contribution in [0.25, 0.3) is 6.08 Å². The molecule has 3 N–H and O–H groups in total. The summed E-state index contributed by atoms with van der Waals surface area (Å²) in [5, 5.41) is 27.7. The minimum atomic E-state index is -0.454. The van der Waals surface area contributed by atoms with Crippen LogP contribution in [0.1, 0.15) is 5.56 Å². The molecule has 0 unspecified atom stereocenters. The van der Waals surface area contributed by atoms with E-state index in [1.165, 1.54) is 24.3 Å². The monoisotopic (exact) mass is 232 g/mol. The summed E-state index contributed by atoms with van der Waals surface area (Å²) in [7, 11) is 0. The largest absolute Gasteiger partial charge is 0.508 e. The summed E-state index contributed by atoms with van der Waals surface area (Å²) in [6.45, 7) is 3.29. The van der Waals surface area contributed by atoms with Crippen molar-refractivity contribution < 1.29 is 20.1 Å². The van der Waals surface area contributed by atoms with Crippen molar-refractivity contribution >= 4 is 11.9 Å². The molecule has 0 saturated heterocycles. The molecule has 0 heterocycles. The average Bonchev–Trinajstić information content (AvgIpc) is 2.31. The van der Waals surface area contributed by atoms with Gasteiger partial charge < -0.3 is 15.3 Å². The molecule has 0 fully saturated rings. The molecule has 0 aliphatic carbocycles. The zero-order valence-corrected chi connectivity index (χ0v) is 9.00. The molecule has 0 amide bonds. The highest BCUT2D eigenvalue weighted by Crippen LogP contribution is 2.28. The van der Waals surface area contributed by atoms with E-state index in [1.54, 1.807) is 0 Å². The summed E-state index contributed by atoms with van der Waals surface area (Å²) < 4.78 is 0. The van der Waals surface area contributed by atoms with E-state index in [-0.39, 0.29) is 17.3 Å². The Labute approximate surface area is 98.5 Å². The number of aliphatic hydroxyl groups is 1. The average molecular weight is 232 g/mol. The fraction of sp³-hybridized carbons (Fsp3) is 0. The Kier molecular flexibility index (Phi) is 4.11. The van der Waals surface area contributed by atoms with E-state index in [0.29, 0.717) is 5.56 Å². The molecule has 0 radical (unpaired) electrons. The minimum Gasteiger partial charge on any atom is -0.508 e. The van der Waals surface area contributed by atoms with E-state index in [1.807, 2.05) is 0 Å². The van der Waals surface area contributed by atoms with Crippen molar-refractivity contribution in [2.45, 2.75) is 0 Å². The molecule has 88 valence electrons. The van der Waals surface area contributed by atoms with Crippen molar-refractivity contribution in [1.29, 1.82) is 0 Å². The lowest BCUT2D eigenvalue weighted by Gasteiger charge is -2.00. The summed E-state index contributed by atoms with van der Waals surface area (Å²) in [5.41, 5.74) is 0.310. The van der Waals surface area contributed by atoms with Gasteiger partial charge in [0.05, 0.1) is 0 Å². The number of para-hydroxylation sites is 1. The van der Waals surface area contributed by atoms with Gasteiger partial charge in [0, 0.05) is 11.6 Å². The number of phenolic OH excluding ortho intramolecular Hbond substituents is 2. The van der Waals surface area contributed by atoms with Crippen LogP contribution in [0, 0.1) is 0 Å². The van der Waals surface area contributed by atoms with E-state index in [9.17, 15) is 15.0 Å². The molecular weight excluding hydrogens is 220 g/mol. The van der Waals surface area contributed by atoms with Crippen molar-refractivity contribution in [3.05, 3.63) is 54.3 Å². The SMILES string of the molecule is C=CC(O)=CC(=O)C=Cc1cccc(O)c1O. The molecule has 4 nitrogen and oxygen atoms in total. The van der Waals surface area contributed by atoms with Crippen LogP contribution in [0.5, 0.6) is 11.5 Å². The Morgan fingerprint density at radius 2 is 2.00 bits per heavy atom. The fourth-order valence-electron chi connectivity index (χ4n) is 1.11. The molecule has 0 aliphatic rings.